The molecule has 47 nitrogen and oxygen atoms in total. The van der Waals surface area contributed by atoms with Gasteiger partial charge in [-0.3, -0.25) is 14.4 Å². The molecule has 0 bridgehead atoms. The Kier molecular flexibility index (Phi) is 38.0. The molecule has 5 aliphatic carbocycles. The van der Waals surface area contributed by atoms with E-state index in [1.807, 2.05) is 41.5 Å². The van der Waals surface area contributed by atoms with E-state index in [-0.39, 0.29) is 75.7 Å². The number of rotatable bonds is 38. The summed E-state index contributed by atoms with van der Waals surface area (Å²) >= 11 is 0. The second-order valence-electron chi connectivity index (χ2n) is 46.1. The SMILES string of the molecule is CC[C@@H](C)[C@@H](CC(=O)C[C@@H](O)C[C@H](O[C@@H]1OC[C@](O)(CO)C1O)[C@H](C)CC)C[C@H](O)CC(=O)N[C@H]1C(CO)O[C@@H](OC(=O)[C@]23CCC(C)(C)CC2C2=CCC4C5(C)CC[C@H](O[C@@H]6OC[C@@H](O)[C@H](O[C@@H]7OC[C@@H](O)[C@H](O)C7C)C6O[C@@H]6OC(CO)[C@H](O)[C@H](O)C6O)[C@](C)(C=O)[C@@H]5CC[C@]4(C)[C@]2(C)CC3O)[C@H](O[C@@H]2OC(C)[C@H](O[C@@H]3OC[C@@H](O)C(O[C@@H]4OC[C@@](O)(CO)C4O)[C@H]3O)C(O)[C@@H]2O)C1O[C@@H]1OC(C)[C@H](O)[C@H](O)C1O. The van der Waals surface area contributed by atoms with Crippen LogP contribution in [0.1, 0.15) is 193 Å². The third-order valence-corrected chi connectivity index (χ3v) is 36.1. The van der Waals surface area contributed by atoms with Crippen molar-refractivity contribution in [2.45, 2.75) is 450 Å². The van der Waals surface area contributed by atoms with E-state index in [0.29, 0.717) is 44.9 Å². The molecular weight excluding hydrogens is 1940 g/mol. The molecule has 0 aromatic carbocycles. The molecule has 13 fully saturated rings. The maximum absolute atomic E-state index is 16.9. The van der Waals surface area contributed by atoms with Gasteiger partial charge in [-0.25, -0.2) is 0 Å². The van der Waals surface area contributed by atoms with Gasteiger partial charge < -0.3 is 218 Å². The molecule has 4 saturated carbocycles. The number of carbonyl (C=O) groups excluding carboxylic acids is 4. The first-order chi connectivity index (χ1) is 68.6. The molecule has 9 heterocycles. The molecule has 14 rings (SSSR count). The Hall–Kier alpha value is -3.62. The Morgan fingerprint density at radius 2 is 1.03 bits per heavy atom. The minimum atomic E-state index is -2.31. The van der Waals surface area contributed by atoms with E-state index in [0.717, 1.165) is 11.9 Å². The maximum atomic E-state index is 16.9. The van der Waals surface area contributed by atoms with Gasteiger partial charge in [0, 0.05) is 25.2 Å². The molecule has 146 heavy (non-hydrogen) atoms. The number of aliphatic hydroxyl groups excluding tert-OH is 22. The average molecular weight is 2100 g/mol. The fourth-order valence-electron chi connectivity index (χ4n) is 26.1. The number of ketones is 1. The number of hydrogen-bond donors (Lipinski definition) is 25. The van der Waals surface area contributed by atoms with Crippen LogP contribution in [0.4, 0.5) is 0 Å². The lowest BCUT2D eigenvalue weighted by molar-refractivity contribution is -0.386. The van der Waals surface area contributed by atoms with Crippen LogP contribution >= 0.6 is 0 Å². The van der Waals surface area contributed by atoms with E-state index in [1.54, 1.807) is 13.8 Å². The standard InChI is InChI=1S/C99H163NO46/c1-14-41(3)46(24-47(106)26-49(108)27-55(42(4)15-2)136-89-80(124)97(127,37-104)39-132-89)25-48(107)28-62(113)100-63-56(31-101)137-88(79(77(63)143-84-70(120)67(117)65(115)44(6)134-84)145-85-72(122)69(119)74(45(7)135-85)140-83-73(123)75(53(110)34-130-83)141-90-81(125)98(128,38-105)40-133-90)146-91(126)99-23-22-92(8,9)29-51(99)50-16-17-59-93(10)20-19-61(94(11,36-103)58(93)18-21-95(59,12)96(50,13)30-60(99)112)139-87-78(144-86-71(121)68(118)66(116)57(32-102)138-86)76(54(111)35-131-87)142-82-43(5)64(114)52(109)33-129-82/h16,36,41-46,48-49,51-61,63-90,101-102,104-105,107-112,114-125,127-128H,14-15,17-35,37-40H2,1-13H3,(H,100,113)/t41-,42-,43?,44?,45?,46+,48+,49-,51?,52-,53-,54-,55+,56?,57?,58-,59?,60?,61+,63+,64-,65+,66+,67+,68+,69?,70?,71?,72+,73-,74+,75?,76+,77?,78?,79-,80?,81?,82+,83+,84+,85+,86+,87+,88+,89+,90+,93?,94-,95+,96-,97-,98+,99-/m1/s1. The first-order valence-corrected chi connectivity index (χ1v) is 51.9. The number of amides is 1. The fraction of sp³-hybridized carbons (Fsp3) is 0.939. The van der Waals surface area contributed by atoms with E-state index in [4.69, 9.17) is 85.3 Å². The third-order valence-electron chi connectivity index (χ3n) is 36.1. The van der Waals surface area contributed by atoms with E-state index >= 15 is 9.59 Å². The number of allylic oxidation sites excluding steroid dienone is 2. The van der Waals surface area contributed by atoms with E-state index in [1.165, 1.54) is 13.8 Å². The molecule has 14 aliphatic rings. The second-order valence-corrected chi connectivity index (χ2v) is 46.1. The Labute approximate surface area is 847 Å². The van der Waals surface area contributed by atoms with Crippen molar-refractivity contribution in [3.8, 4) is 0 Å². The number of carbonyl (C=O) groups is 4. The summed E-state index contributed by atoms with van der Waals surface area (Å²) in [4.78, 5) is 60.7. The minimum Gasteiger partial charge on any atom is -0.432 e. The smallest absolute Gasteiger partial charge is 0.317 e. The number of ether oxygens (including phenoxy) is 18. The van der Waals surface area contributed by atoms with Crippen molar-refractivity contribution in [1.82, 2.24) is 5.32 Å². The number of aldehydes is 1. The van der Waals surface area contributed by atoms with E-state index in [9.17, 15) is 132 Å². The molecule has 54 atom stereocenters. The van der Waals surface area contributed by atoms with Crippen LogP contribution in [0.5, 0.6) is 0 Å². The molecule has 840 valence electrons. The fourth-order valence-corrected chi connectivity index (χ4v) is 26.1. The summed E-state index contributed by atoms with van der Waals surface area (Å²) in [5, 5.41) is 274. The van der Waals surface area contributed by atoms with Gasteiger partial charge in [0.05, 0.1) is 126 Å². The van der Waals surface area contributed by atoms with Crippen LogP contribution < -0.4 is 5.32 Å². The number of aliphatic hydroxyl groups is 24. The minimum absolute atomic E-state index is 0.0402. The lowest BCUT2D eigenvalue weighted by atomic mass is 9.33. The molecule has 0 aromatic heterocycles. The van der Waals surface area contributed by atoms with Crippen molar-refractivity contribution in [2.24, 2.45) is 73.9 Å². The molecule has 47 heteroatoms. The normalized spacial score (nSPS) is 49.5. The molecule has 1 amide bonds. The second kappa shape index (κ2) is 47.0. The van der Waals surface area contributed by atoms with Gasteiger partial charge >= 0.3 is 5.97 Å². The van der Waals surface area contributed by atoms with Gasteiger partial charge in [0.2, 0.25) is 12.2 Å². The predicted octanol–water partition coefficient (Wildman–Crippen LogP) is -5.80. The number of esters is 1. The molecule has 9 saturated heterocycles. The van der Waals surface area contributed by atoms with Gasteiger partial charge in [-0.15, -0.1) is 0 Å². The van der Waals surface area contributed by atoms with Crippen LogP contribution in [0.2, 0.25) is 0 Å². The van der Waals surface area contributed by atoms with Crippen LogP contribution in [0, 0.1) is 73.9 Å². The van der Waals surface area contributed by atoms with Gasteiger partial charge in [-0.05, 0) is 135 Å². The van der Waals surface area contributed by atoms with Crippen LogP contribution in [-0.4, -0.2) is 463 Å². The summed E-state index contributed by atoms with van der Waals surface area (Å²) < 4.78 is 112. The molecule has 9 aliphatic heterocycles. The lowest BCUT2D eigenvalue weighted by Crippen LogP contribution is -2.71. The average Bonchev–Trinajstić information content (AvgIpc) is 0.733. The molecule has 0 spiro atoms. The number of Topliss-reactive ketones (excluding diaryl/α,β-unsaturated/α-hetero) is 1. The van der Waals surface area contributed by atoms with Crippen LogP contribution in [-0.2, 0) is 104 Å². The number of hydrogen-bond acceptors (Lipinski definition) is 46. The summed E-state index contributed by atoms with van der Waals surface area (Å²) in [5.41, 5.74) is -9.62. The zero-order chi connectivity index (χ0) is 107. The van der Waals surface area contributed by atoms with Crippen molar-refractivity contribution in [1.29, 1.82) is 0 Å². The first-order valence-electron chi connectivity index (χ1n) is 51.9. The number of nitrogens with one attached hydrogen (secondary N) is 1. The Balaban J connectivity index is 0.757. The van der Waals surface area contributed by atoms with Gasteiger partial charge in [-0.2, -0.15) is 0 Å². The summed E-state index contributed by atoms with van der Waals surface area (Å²) in [6.07, 6.45) is -62.2. The van der Waals surface area contributed by atoms with Crippen LogP contribution in [0.3, 0.4) is 0 Å². The largest absolute Gasteiger partial charge is 0.432 e. The first kappa shape index (κ1) is 118. The quantitative estimate of drug-likeness (QED) is 0.0118. The molecule has 0 radical (unpaired) electrons. The van der Waals surface area contributed by atoms with Gasteiger partial charge in [0.1, 0.15) is 157 Å². The highest BCUT2D eigenvalue weighted by Gasteiger charge is 2.74. The zero-order valence-electron chi connectivity index (χ0n) is 85.2. The highest BCUT2D eigenvalue weighted by atomic mass is 16.8. The molecule has 0 aromatic rings. The van der Waals surface area contributed by atoms with E-state index in [2.05, 4.69) is 32.2 Å². The summed E-state index contributed by atoms with van der Waals surface area (Å²) in [7, 11) is 0. The van der Waals surface area contributed by atoms with Crippen LogP contribution in [0.15, 0.2) is 11.6 Å². The third kappa shape index (κ3) is 22.9. The highest BCUT2D eigenvalue weighted by Crippen LogP contribution is 2.76. The topological polar surface area (TPSA) is 732 Å². The predicted molar refractivity (Wildman–Crippen MR) is 493 cm³/mol. The Morgan fingerprint density at radius 1 is 0.493 bits per heavy atom. The lowest BCUT2D eigenvalue weighted by Gasteiger charge is -2.71. The van der Waals surface area contributed by atoms with E-state index < -0.39 is 390 Å². The van der Waals surface area contributed by atoms with Crippen LogP contribution in [0.25, 0.3) is 0 Å². The highest BCUT2D eigenvalue weighted by molar-refractivity contribution is 5.81. The van der Waals surface area contributed by atoms with Crippen molar-refractivity contribution in [3.63, 3.8) is 0 Å². The van der Waals surface area contributed by atoms with Crippen molar-refractivity contribution >= 4 is 23.9 Å². The summed E-state index contributed by atoms with van der Waals surface area (Å²) in [5.74, 6) is -6.21. The summed E-state index contributed by atoms with van der Waals surface area (Å²) in [6, 6.07) is -1.85. The molecule has 25 N–H and O–H groups in total. The molecule has 17 unspecified atom stereocenters. The maximum Gasteiger partial charge on any atom is 0.317 e. The Morgan fingerprint density at radius 3 is 1.66 bits per heavy atom. The van der Waals surface area contributed by atoms with Gasteiger partial charge in [0.25, 0.3) is 0 Å². The van der Waals surface area contributed by atoms with Crippen molar-refractivity contribution < 1.29 is 227 Å². The monoisotopic (exact) mass is 2100 g/mol. The Bertz CT molecular complexity index is 4320. The number of fused-ring (bicyclic) bond motifs is 7. The zero-order valence-corrected chi connectivity index (χ0v) is 85.2. The van der Waals surface area contributed by atoms with Crippen molar-refractivity contribution in [3.05, 3.63) is 11.6 Å². The molecular formula is C99H163NO46. The van der Waals surface area contributed by atoms with Gasteiger partial charge in [-0.1, -0.05) is 101 Å². The van der Waals surface area contributed by atoms with Crippen molar-refractivity contribution in [2.75, 3.05) is 59.5 Å². The van der Waals surface area contributed by atoms with Gasteiger partial charge in [0.15, 0.2) is 56.4 Å². The summed E-state index contributed by atoms with van der Waals surface area (Å²) in [6.45, 7) is 17.6.